The van der Waals surface area contributed by atoms with Gasteiger partial charge >= 0.3 is 12.1 Å². The van der Waals surface area contributed by atoms with Crippen molar-refractivity contribution in [3.8, 4) is 11.5 Å². The minimum Gasteiger partial charge on any atom is -0.493 e. The third-order valence-electron chi connectivity index (χ3n) is 3.82. The number of alkyl carbamates (subject to hydrolysis) is 1. The summed E-state index contributed by atoms with van der Waals surface area (Å²) in [5.41, 5.74) is -1.14. The second kappa shape index (κ2) is 7.98. The number of carbonyl (C=O) groups is 3. The van der Waals surface area contributed by atoms with Crippen LogP contribution in [0.5, 0.6) is 11.5 Å². The van der Waals surface area contributed by atoms with Crippen LogP contribution in [0.2, 0.25) is 0 Å². The van der Waals surface area contributed by atoms with Crippen molar-refractivity contribution >= 4 is 17.8 Å². The smallest absolute Gasteiger partial charge is 0.414 e. The molecule has 0 spiro atoms. The van der Waals surface area contributed by atoms with Gasteiger partial charge in [0.1, 0.15) is 0 Å². The number of ketones is 1. The van der Waals surface area contributed by atoms with E-state index in [9.17, 15) is 14.4 Å². The average molecular weight is 379 g/mol. The standard InChI is InChI=1S/C18H21NO8/c1-6-25-17(22)19-16-14(26-10(2)20)15(21)18(3,27-16)11-7-8-12(23-4)13(9-11)24-5/h7-9H,6H2,1-5H3,(H,19,22). The normalized spacial score (nSPS) is 18.6. The van der Waals surface area contributed by atoms with Gasteiger partial charge in [0, 0.05) is 12.5 Å². The largest absolute Gasteiger partial charge is 0.493 e. The minimum atomic E-state index is -1.56. The first-order valence-electron chi connectivity index (χ1n) is 8.09. The molecule has 2 rings (SSSR count). The topological polar surface area (TPSA) is 109 Å². The third-order valence-corrected chi connectivity index (χ3v) is 3.82. The zero-order valence-electron chi connectivity index (χ0n) is 15.7. The first-order chi connectivity index (χ1) is 12.8. The molecular formula is C18H21NO8. The average Bonchev–Trinajstić information content (AvgIpc) is 2.86. The summed E-state index contributed by atoms with van der Waals surface area (Å²) in [5.74, 6) is -1.24. The SMILES string of the molecule is CCOC(=O)NC1=C(OC(C)=O)C(=O)C(C)(c2ccc(OC)c(OC)c2)O1. The lowest BCUT2D eigenvalue weighted by Crippen LogP contribution is -2.32. The van der Waals surface area contributed by atoms with Crippen LogP contribution in [-0.4, -0.2) is 38.7 Å². The summed E-state index contributed by atoms with van der Waals surface area (Å²) in [6.07, 6.45) is -0.846. The van der Waals surface area contributed by atoms with Crippen LogP contribution >= 0.6 is 0 Å². The van der Waals surface area contributed by atoms with Crippen LogP contribution in [0.1, 0.15) is 26.3 Å². The van der Waals surface area contributed by atoms with Gasteiger partial charge in [-0.15, -0.1) is 0 Å². The van der Waals surface area contributed by atoms with E-state index in [0.29, 0.717) is 17.1 Å². The molecule has 1 aromatic rings. The number of esters is 1. The molecule has 146 valence electrons. The van der Waals surface area contributed by atoms with E-state index < -0.39 is 29.2 Å². The molecular weight excluding hydrogens is 358 g/mol. The predicted molar refractivity (Wildman–Crippen MR) is 91.9 cm³/mol. The van der Waals surface area contributed by atoms with Crippen LogP contribution in [0.15, 0.2) is 29.8 Å². The molecule has 0 fully saturated rings. The number of hydrogen-bond donors (Lipinski definition) is 1. The zero-order valence-corrected chi connectivity index (χ0v) is 15.7. The molecule has 0 aromatic heterocycles. The van der Waals surface area contributed by atoms with Crippen LogP contribution in [0, 0.1) is 0 Å². The van der Waals surface area contributed by atoms with E-state index >= 15 is 0 Å². The second-order valence-corrected chi connectivity index (χ2v) is 5.63. The van der Waals surface area contributed by atoms with Crippen LogP contribution in [0.3, 0.4) is 0 Å². The van der Waals surface area contributed by atoms with Gasteiger partial charge < -0.3 is 23.7 Å². The Kier molecular flexibility index (Phi) is 5.94. The van der Waals surface area contributed by atoms with Gasteiger partial charge in [-0.05, 0) is 26.0 Å². The van der Waals surface area contributed by atoms with Gasteiger partial charge in [-0.2, -0.15) is 0 Å². The number of methoxy groups -OCH3 is 2. The first-order valence-corrected chi connectivity index (χ1v) is 8.09. The molecule has 1 heterocycles. The molecule has 0 bridgehead atoms. The molecule has 1 unspecified atom stereocenters. The second-order valence-electron chi connectivity index (χ2n) is 5.63. The fraction of sp³-hybridized carbons (Fsp3) is 0.389. The lowest BCUT2D eigenvalue weighted by atomic mass is 9.91. The number of nitrogens with one attached hydrogen (secondary N) is 1. The summed E-state index contributed by atoms with van der Waals surface area (Å²) >= 11 is 0. The van der Waals surface area contributed by atoms with E-state index in [1.807, 2.05) is 0 Å². The van der Waals surface area contributed by atoms with Gasteiger partial charge in [0.25, 0.3) is 5.78 Å². The van der Waals surface area contributed by atoms with Crippen molar-refractivity contribution in [1.29, 1.82) is 0 Å². The Hall–Kier alpha value is -3.23. The van der Waals surface area contributed by atoms with Crippen LogP contribution in [0.4, 0.5) is 4.79 Å². The molecule has 0 saturated carbocycles. The molecule has 1 atom stereocenters. The molecule has 9 heteroatoms. The van der Waals surface area contributed by atoms with Crippen LogP contribution in [0.25, 0.3) is 0 Å². The van der Waals surface area contributed by atoms with Gasteiger partial charge in [-0.25, -0.2) is 4.79 Å². The van der Waals surface area contributed by atoms with Crippen molar-refractivity contribution in [1.82, 2.24) is 5.32 Å². The molecule has 27 heavy (non-hydrogen) atoms. The summed E-state index contributed by atoms with van der Waals surface area (Å²) in [7, 11) is 2.94. The Morgan fingerprint density at radius 2 is 1.85 bits per heavy atom. The molecule has 0 aliphatic carbocycles. The molecule has 1 aliphatic rings. The van der Waals surface area contributed by atoms with E-state index in [0.717, 1.165) is 6.92 Å². The van der Waals surface area contributed by atoms with Crippen molar-refractivity contribution in [3.63, 3.8) is 0 Å². The van der Waals surface area contributed by atoms with E-state index in [1.54, 1.807) is 25.1 Å². The predicted octanol–water partition coefficient (Wildman–Crippen LogP) is 2.00. The fourth-order valence-electron chi connectivity index (χ4n) is 2.52. The maximum atomic E-state index is 12.9. The van der Waals surface area contributed by atoms with Crippen molar-refractivity contribution in [2.45, 2.75) is 26.4 Å². The number of ether oxygens (including phenoxy) is 5. The number of amides is 1. The Bertz CT molecular complexity index is 801. The fourth-order valence-corrected chi connectivity index (χ4v) is 2.52. The Labute approximate surface area is 156 Å². The molecule has 0 saturated heterocycles. The van der Waals surface area contributed by atoms with Gasteiger partial charge in [0.05, 0.1) is 20.8 Å². The number of Topliss-reactive ketones (excluding diaryl/α,β-unsaturated/α-hetero) is 1. The highest BCUT2D eigenvalue weighted by atomic mass is 16.6. The van der Waals surface area contributed by atoms with Crippen molar-refractivity contribution in [2.24, 2.45) is 0 Å². The zero-order chi connectivity index (χ0) is 20.2. The van der Waals surface area contributed by atoms with E-state index in [-0.39, 0.29) is 12.5 Å². The Morgan fingerprint density at radius 3 is 2.41 bits per heavy atom. The summed E-state index contributed by atoms with van der Waals surface area (Å²) in [6, 6.07) is 4.78. The van der Waals surface area contributed by atoms with Crippen molar-refractivity contribution in [2.75, 3.05) is 20.8 Å². The van der Waals surface area contributed by atoms with Gasteiger partial charge in [0.2, 0.25) is 11.6 Å². The molecule has 0 radical (unpaired) electrons. The number of benzene rings is 1. The van der Waals surface area contributed by atoms with E-state index in [2.05, 4.69) is 5.32 Å². The summed E-state index contributed by atoms with van der Waals surface area (Å²) < 4.78 is 25.9. The number of hydrogen-bond acceptors (Lipinski definition) is 8. The molecule has 1 N–H and O–H groups in total. The molecule has 1 aliphatic heterocycles. The highest BCUT2D eigenvalue weighted by Crippen LogP contribution is 2.41. The first kappa shape index (κ1) is 20.1. The molecule has 1 amide bonds. The van der Waals surface area contributed by atoms with Gasteiger partial charge in [0.15, 0.2) is 17.1 Å². The lowest BCUT2D eigenvalue weighted by molar-refractivity contribution is -0.142. The lowest BCUT2D eigenvalue weighted by Gasteiger charge is -2.24. The van der Waals surface area contributed by atoms with Crippen LogP contribution in [-0.2, 0) is 29.4 Å². The highest BCUT2D eigenvalue weighted by Gasteiger charge is 2.50. The number of carbonyl (C=O) groups excluding carboxylic acids is 3. The Morgan fingerprint density at radius 1 is 1.19 bits per heavy atom. The Balaban J connectivity index is 2.43. The highest BCUT2D eigenvalue weighted by molar-refractivity contribution is 6.04. The van der Waals surface area contributed by atoms with E-state index in [1.165, 1.54) is 21.1 Å². The molecule has 1 aromatic carbocycles. The van der Waals surface area contributed by atoms with E-state index in [4.69, 9.17) is 23.7 Å². The maximum Gasteiger partial charge on any atom is 0.414 e. The molecule has 9 nitrogen and oxygen atoms in total. The summed E-state index contributed by atoms with van der Waals surface area (Å²) in [4.78, 5) is 36.1. The van der Waals surface area contributed by atoms with Crippen molar-refractivity contribution < 1.29 is 38.1 Å². The summed E-state index contributed by atoms with van der Waals surface area (Å²) in [6.45, 7) is 4.35. The minimum absolute atomic E-state index is 0.114. The van der Waals surface area contributed by atoms with Crippen molar-refractivity contribution in [3.05, 3.63) is 35.4 Å². The third kappa shape index (κ3) is 3.97. The maximum absolute atomic E-state index is 12.9. The monoisotopic (exact) mass is 379 g/mol. The van der Waals surface area contributed by atoms with Gasteiger partial charge in [-0.1, -0.05) is 6.07 Å². The quantitative estimate of drug-likeness (QED) is 0.748. The van der Waals surface area contributed by atoms with Crippen LogP contribution < -0.4 is 14.8 Å². The summed E-state index contributed by atoms with van der Waals surface area (Å²) in [5, 5.41) is 2.28. The van der Waals surface area contributed by atoms with Gasteiger partial charge in [-0.3, -0.25) is 14.9 Å². The number of rotatable bonds is 6.